The topological polar surface area (TPSA) is 45.3 Å². The monoisotopic (exact) mass is 531 g/mol. The summed E-state index contributed by atoms with van der Waals surface area (Å²) in [5, 5.41) is 0. The van der Waals surface area contributed by atoms with E-state index in [4.69, 9.17) is 21.7 Å². The summed E-state index contributed by atoms with van der Waals surface area (Å²) < 4.78 is 12.7. The van der Waals surface area contributed by atoms with Gasteiger partial charge < -0.3 is 24.2 Å². The van der Waals surface area contributed by atoms with Gasteiger partial charge >= 0.3 is 0 Å². The Kier molecular flexibility index (Phi) is 8.37. The summed E-state index contributed by atoms with van der Waals surface area (Å²) in [4.78, 5) is 19.8. The molecule has 160 valence electrons. The number of carbonyl (C=O) groups is 1. The van der Waals surface area contributed by atoms with Crippen LogP contribution >= 0.6 is 34.8 Å². The average molecular weight is 531 g/mol. The summed E-state index contributed by atoms with van der Waals surface area (Å²) in [6.45, 7) is 11.4. The predicted octanol–water partition coefficient (Wildman–Crippen LogP) is 3.00. The van der Waals surface area contributed by atoms with Gasteiger partial charge in [-0.25, -0.2) is 0 Å². The van der Waals surface area contributed by atoms with E-state index >= 15 is 0 Å². The number of rotatable bonds is 7. The standard InChI is InChI=1S/C21H30IN3O3S/c1-3-23-9-11-25(12-10-23)21(29)16-13-17(22)20(18(14-16)27-4-2)28-15-19(26)24-7-5-6-8-24/h13-14H,3-12,15H2,1-2H3. The lowest BCUT2D eigenvalue weighted by molar-refractivity contribution is -0.132. The predicted molar refractivity (Wildman–Crippen MR) is 127 cm³/mol. The number of thiocarbonyl (C=S) groups is 1. The smallest absolute Gasteiger partial charge is 0.260 e. The molecule has 0 N–H and O–H groups in total. The van der Waals surface area contributed by atoms with Gasteiger partial charge in [-0.05, 0) is 61.0 Å². The summed E-state index contributed by atoms with van der Waals surface area (Å²) in [7, 11) is 0. The fourth-order valence-corrected chi connectivity index (χ4v) is 4.79. The van der Waals surface area contributed by atoms with Gasteiger partial charge in [0.25, 0.3) is 5.91 Å². The van der Waals surface area contributed by atoms with Crippen LogP contribution in [-0.4, -0.2) is 84.6 Å². The molecule has 2 fully saturated rings. The lowest BCUT2D eigenvalue weighted by Crippen LogP contribution is -2.48. The molecule has 0 unspecified atom stereocenters. The summed E-state index contributed by atoms with van der Waals surface area (Å²) in [6, 6.07) is 3.99. The number of nitrogens with zero attached hydrogens (tertiary/aromatic N) is 3. The van der Waals surface area contributed by atoms with Crippen LogP contribution in [-0.2, 0) is 4.79 Å². The summed E-state index contributed by atoms with van der Waals surface area (Å²) in [5.74, 6) is 1.31. The number of piperazine rings is 1. The Morgan fingerprint density at radius 1 is 1.03 bits per heavy atom. The second-order valence-electron chi connectivity index (χ2n) is 7.32. The molecule has 0 radical (unpaired) electrons. The maximum absolute atomic E-state index is 12.4. The molecule has 0 aromatic heterocycles. The molecule has 2 heterocycles. The van der Waals surface area contributed by atoms with Crippen molar-refractivity contribution in [1.29, 1.82) is 0 Å². The van der Waals surface area contributed by atoms with Crippen molar-refractivity contribution in [1.82, 2.24) is 14.7 Å². The van der Waals surface area contributed by atoms with E-state index in [1.165, 1.54) is 0 Å². The fourth-order valence-electron chi connectivity index (χ4n) is 3.74. The molecule has 3 rings (SSSR count). The molecule has 0 bridgehead atoms. The maximum atomic E-state index is 12.4. The maximum Gasteiger partial charge on any atom is 0.260 e. The van der Waals surface area contributed by atoms with Gasteiger partial charge in [0, 0.05) is 44.8 Å². The van der Waals surface area contributed by atoms with E-state index in [1.54, 1.807) is 0 Å². The van der Waals surface area contributed by atoms with Gasteiger partial charge in [0.2, 0.25) is 0 Å². The molecule has 29 heavy (non-hydrogen) atoms. The first-order valence-corrected chi connectivity index (χ1v) is 11.9. The second kappa shape index (κ2) is 10.8. The first kappa shape index (κ1) is 22.6. The number of halogens is 1. The van der Waals surface area contributed by atoms with Crippen molar-refractivity contribution < 1.29 is 14.3 Å². The van der Waals surface area contributed by atoms with Crippen LogP contribution in [0.5, 0.6) is 11.5 Å². The van der Waals surface area contributed by atoms with E-state index in [0.717, 1.165) is 72.8 Å². The molecule has 0 spiro atoms. The van der Waals surface area contributed by atoms with Gasteiger partial charge in [-0.15, -0.1) is 0 Å². The molecule has 0 aliphatic carbocycles. The quantitative estimate of drug-likeness (QED) is 0.399. The lowest BCUT2D eigenvalue weighted by Gasteiger charge is -2.35. The van der Waals surface area contributed by atoms with Crippen molar-refractivity contribution in [2.45, 2.75) is 26.7 Å². The Bertz CT molecular complexity index is 732. The number of amides is 1. The zero-order valence-corrected chi connectivity index (χ0v) is 20.3. The highest BCUT2D eigenvalue weighted by Crippen LogP contribution is 2.35. The molecule has 0 saturated carbocycles. The largest absolute Gasteiger partial charge is 0.490 e. The molecule has 1 amide bonds. The zero-order chi connectivity index (χ0) is 20.8. The first-order chi connectivity index (χ1) is 14.0. The summed E-state index contributed by atoms with van der Waals surface area (Å²) in [6.07, 6.45) is 2.15. The van der Waals surface area contributed by atoms with E-state index in [2.05, 4.69) is 39.3 Å². The molecule has 0 atom stereocenters. The highest BCUT2D eigenvalue weighted by molar-refractivity contribution is 14.1. The normalized spacial score (nSPS) is 17.5. The molecule has 1 aromatic rings. The van der Waals surface area contributed by atoms with Crippen LogP contribution in [0.2, 0.25) is 0 Å². The van der Waals surface area contributed by atoms with Gasteiger partial charge in [0.15, 0.2) is 18.1 Å². The summed E-state index contributed by atoms with van der Waals surface area (Å²) in [5.41, 5.74) is 0.969. The molecule has 2 aliphatic rings. The average Bonchev–Trinajstić information content (AvgIpc) is 3.27. The highest BCUT2D eigenvalue weighted by atomic mass is 127. The SMILES string of the molecule is CCOc1cc(C(=S)N2CCN(CC)CC2)cc(I)c1OCC(=O)N1CCCC1. The van der Waals surface area contributed by atoms with Gasteiger partial charge in [0.1, 0.15) is 4.99 Å². The molecular weight excluding hydrogens is 501 g/mol. The third kappa shape index (κ3) is 5.73. The highest BCUT2D eigenvalue weighted by Gasteiger charge is 2.23. The van der Waals surface area contributed by atoms with E-state index in [0.29, 0.717) is 18.1 Å². The van der Waals surface area contributed by atoms with E-state index in [9.17, 15) is 4.79 Å². The van der Waals surface area contributed by atoms with Crippen LogP contribution in [0.15, 0.2) is 12.1 Å². The minimum atomic E-state index is 0.0362. The number of likely N-dealkylation sites (tertiary alicyclic amines) is 1. The number of hydrogen-bond donors (Lipinski definition) is 0. The van der Waals surface area contributed by atoms with Crippen molar-refractivity contribution in [2.75, 3.05) is 59.0 Å². The molecule has 8 heteroatoms. The van der Waals surface area contributed by atoms with E-state index in [1.807, 2.05) is 24.0 Å². The minimum absolute atomic E-state index is 0.0362. The third-order valence-electron chi connectivity index (χ3n) is 5.46. The summed E-state index contributed by atoms with van der Waals surface area (Å²) >= 11 is 8.03. The van der Waals surface area contributed by atoms with Crippen molar-refractivity contribution >= 4 is 45.7 Å². The van der Waals surface area contributed by atoms with E-state index < -0.39 is 0 Å². The van der Waals surface area contributed by atoms with Crippen molar-refractivity contribution in [3.8, 4) is 11.5 Å². The molecule has 2 aliphatic heterocycles. The van der Waals surface area contributed by atoms with Crippen molar-refractivity contribution in [3.05, 3.63) is 21.3 Å². The van der Waals surface area contributed by atoms with Crippen molar-refractivity contribution in [2.24, 2.45) is 0 Å². The van der Waals surface area contributed by atoms with Gasteiger partial charge in [0.05, 0.1) is 10.2 Å². The number of ether oxygens (including phenoxy) is 2. The number of carbonyl (C=O) groups excluding carboxylic acids is 1. The third-order valence-corrected chi connectivity index (χ3v) is 6.76. The Labute approximate surface area is 192 Å². The van der Waals surface area contributed by atoms with Crippen LogP contribution in [0, 0.1) is 3.57 Å². The van der Waals surface area contributed by atoms with Gasteiger partial charge in [-0.3, -0.25) is 4.79 Å². The van der Waals surface area contributed by atoms with E-state index in [-0.39, 0.29) is 12.5 Å². The molecule has 2 saturated heterocycles. The van der Waals surface area contributed by atoms with Crippen LogP contribution in [0.1, 0.15) is 32.3 Å². The molecular formula is C21H30IN3O3S. The van der Waals surface area contributed by atoms with Gasteiger partial charge in [-0.2, -0.15) is 0 Å². The van der Waals surface area contributed by atoms with Crippen LogP contribution in [0.3, 0.4) is 0 Å². The first-order valence-electron chi connectivity index (χ1n) is 10.4. The fraction of sp³-hybridized carbons (Fsp3) is 0.619. The number of likely N-dealkylation sites (N-methyl/N-ethyl adjacent to an activating group) is 1. The number of hydrogen-bond acceptors (Lipinski definition) is 5. The Balaban J connectivity index is 1.71. The lowest BCUT2D eigenvalue weighted by atomic mass is 10.1. The Hall–Kier alpha value is -1.13. The van der Waals surface area contributed by atoms with Crippen LogP contribution in [0.4, 0.5) is 0 Å². The zero-order valence-electron chi connectivity index (χ0n) is 17.3. The van der Waals surface area contributed by atoms with Crippen LogP contribution < -0.4 is 9.47 Å². The molecule has 1 aromatic carbocycles. The Morgan fingerprint density at radius 2 is 1.72 bits per heavy atom. The Morgan fingerprint density at radius 3 is 2.34 bits per heavy atom. The number of benzene rings is 1. The van der Waals surface area contributed by atoms with Gasteiger partial charge in [-0.1, -0.05) is 19.1 Å². The van der Waals surface area contributed by atoms with Crippen LogP contribution in [0.25, 0.3) is 0 Å². The minimum Gasteiger partial charge on any atom is -0.490 e. The molecule has 6 nitrogen and oxygen atoms in total. The second-order valence-corrected chi connectivity index (χ2v) is 8.87. The van der Waals surface area contributed by atoms with Crippen molar-refractivity contribution in [3.63, 3.8) is 0 Å².